The van der Waals surface area contributed by atoms with E-state index < -0.39 is 11.5 Å². The van der Waals surface area contributed by atoms with Crippen LogP contribution >= 0.6 is 22.7 Å². The number of benzene rings is 1. The van der Waals surface area contributed by atoms with Crippen molar-refractivity contribution in [3.63, 3.8) is 0 Å². The second-order valence-corrected chi connectivity index (χ2v) is 9.86. The summed E-state index contributed by atoms with van der Waals surface area (Å²) >= 11 is 2.39. The molecule has 33 heavy (non-hydrogen) atoms. The Kier molecular flexibility index (Phi) is 6.26. The van der Waals surface area contributed by atoms with Crippen molar-refractivity contribution in [1.29, 1.82) is 5.26 Å². The molecule has 8 nitrogen and oxygen atoms in total. The molecule has 1 N–H and O–H groups in total. The number of ether oxygens (including phenoxy) is 1. The smallest absolute Gasteiger partial charge is 0.348 e. The molecular formula is C23H20N4O4S2. The fourth-order valence-corrected chi connectivity index (χ4v) is 5.25. The van der Waals surface area contributed by atoms with Crippen LogP contribution < -0.4 is 5.56 Å². The number of aryl methyl sites for hydroxylation is 1. The van der Waals surface area contributed by atoms with Crippen molar-refractivity contribution in [2.75, 3.05) is 6.61 Å². The van der Waals surface area contributed by atoms with E-state index in [1.165, 1.54) is 22.2 Å². The normalized spacial score (nSPS) is 12.2. The minimum absolute atomic E-state index is 0.00295. The fraction of sp³-hybridized carbons (Fsp3) is 0.261. The van der Waals surface area contributed by atoms with E-state index >= 15 is 0 Å². The van der Waals surface area contributed by atoms with E-state index in [4.69, 9.17) is 4.74 Å². The highest BCUT2D eigenvalue weighted by molar-refractivity contribution is 7.20. The average molecular weight is 481 g/mol. The third-order valence-electron chi connectivity index (χ3n) is 4.88. The van der Waals surface area contributed by atoms with Crippen LogP contribution in [0.3, 0.4) is 0 Å². The Balaban J connectivity index is 1.70. The Morgan fingerprint density at radius 1 is 1.30 bits per heavy atom. The number of thiazole rings is 1. The van der Waals surface area contributed by atoms with Gasteiger partial charge in [-0.1, -0.05) is 26.0 Å². The molecule has 0 aliphatic carbocycles. The zero-order valence-electron chi connectivity index (χ0n) is 18.2. The van der Waals surface area contributed by atoms with E-state index in [2.05, 4.69) is 9.97 Å². The Labute approximate surface area is 197 Å². The van der Waals surface area contributed by atoms with E-state index in [0.29, 0.717) is 25.7 Å². The van der Waals surface area contributed by atoms with Gasteiger partial charge in [0.15, 0.2) is 0 Å². The molecular weight excluding hydrogens is 460 g/mol. The lowest BCUT2D eigenvalue weighted by molar-refractivity contribution is 0.0464. The maximum Gasteiger partial charge on any atom is 0.348 e. The minimum atomic E-state index is -0.486. The van der Waals surface area contributed by atoms with Gasteiger partial charge in [0, 0.05) is 0 Å². The van der Waals surface area contributed by atoms with Gasteiger partial charge < -0.3 is 9.84 Å². The SMILES string of the molecule is Cc1c(C(=O)OCC(C)C)sc2ncn(C/C(O)=C(\C#N)c3nc4ccccc4s3)c(=O)c12. The summed E-state index contributed by atoms with van der Waals surface area (Å²) < 4.78 is 7.40. The number of allylic oxidation sites excluding steroid dienone is 2. The first-order chi connectivity index (χ1) is 15.8. The highest BCUT2D eigenvalue weighted by Gasteiger charge is 2.22. The number of esters is 1. The monoisotopic (exact) mass is 480 g/mol. The first-order valence-electron chi connectivity index (χ1n) is 10.1. The van der Waals surface area contributed by atoms with Crippen LogP contribution in [0, 0.1) is 24.2 Å². The van der Waals surface area contributed by atoms with Gasteiger partial charge in [-0.05, 0) is 30.5 Å². The molecule has 0 saturated carbocycles. The van der Waals surface area contributed by atoms with Gasteiger partial charge in [0.1, 0.15) is 32.1 Å². The van der Waals surface area contributed by atoms with Crippen molar-refractivity contribution in [3.8, 4) is 6.07 Å². The summed E-state index contributed by atoms with van der Waals surface area (Å²) in [5, 5.41) is 21.0. The fourth-order valence-electron chi connectivity index (χ4n) is 3.23. The summed E-state index contributed by atoms with van der Waals surface area (Å²) in [6, 6.07) is 9.42. The lowest BCUT2D eigenvalue weighted by Gasteiger charge is -2.07. The molecule has 0 radical (unpaired) electrons. The van der Waals surface area contributed by atoms with Crippen LogP contribution in [-0.4, -0.2) is 32.2 Å². The summed E-state index contributed by atoms with van der Waals surface area (Å²) in [5.74, 6) is -0.580. The third kappa shape index (κ3) is 4.37. The van der Waals surface area contributed by atoms with Crippen LogP contribution in [0.1, 0.15) is 34.1 Å². The number of carbonyl (C=O) groups excluding carboxylic acids is 1. The molecule has 3 heterocycles. The van der Waals surface area contributed by atoms with Crippen LogP contribution in [-0.2, 0) is 11.3 Å². The highest BCUT2D eigenvalue weighted by Crippen LogP contribution is 2.29. The Morgan fingerprint density at radius 2 is 2.06 bits per heavy atom. The number of aromatic nitrogens is 3. The largest absolute Gasteiger partial charge is 0.509 e. The zero-order valence-corrected chi connectivity index (χ0v) is 19.8. The van der Waals surface area contributed by atoms with E-state index in [9.17, 15) is 20.0 Å². The number of aliphatic hydroxyl groups excluding tert-OH is 1. The number of thiophene rings is 1. The van der Waals surface area contributed by atoms with Crippen molar-refractivity contribution >= 4 is 54.6 Å². The van der Waals surface area contributed by atoms with Gasteiger partial charge >= 0.3 is 5.97 Å². The number of rotatable bonds is 6. The molecule has 0 spiro atoms. The maximum absolute atomic E-state index is 13.1. The average Bonchev–Trinajstić information content (AvgIpc) is 3.36. The predicted molar refractivity (Wildman–Crippen MR) is 129 cm³/mol. The lowest BCUT2D eigenvalue weighted by atomic mass is 10.2. The number of hydrogen-bond donors (Lipinski definition) is 1. The van der Waals surface area contributed by atoms with Gasteiger partial charge in [-0.2, -0.15) is 5.26 Å². The molecule has 0 saturated heterocycles. The first-order valence-corrected chi connectivity index (χ1v) is 11.8. The quantitative estimate of drug-likeness (QED) is 0.242. The molecule has 0 unspecified atom stereocenters. The first kappa shape index (κ1) is 22.6. The second-order valence-electron chi connectivity index (χ2n) is 7.83. The van der Waals surface area contributed by atoms with E-state index in [-0.39, 0.29) is 30.4 Å². The maximum atomic E-state index is 13.1. The summed E-state index contributed by atoms with van der Waals surface area (Å²) in [6.45, 7) is 5.59. The molecule has 168 valence electrons. The molecule has 0 atom stereocenters. The van der Waals surface area contributed by atoms with Gasteiger partial charge in [0.05, 0.1) is 35.1 Å². The van der Waals surface area contributed by atoms with Gasteiger partial charge in [-0.3, -0.25) is 9.36 Å². The molecule has 0 bridgehead atoms. The molecule has 4 aromatic rings. The third-order valence-corrected chi connectivity index (χ3v) is 7.11. The van der Waals surface area contributed by atoms with Crippen LogP contribution in [0.5, 0.6) is 0 Å². The molecule has 0 aliphatic rings. The lowest BCUT2D eigenvalue weighted by Crippen LogP contribution is -2.22. The summed E-state index contributed by atoms with van der Waals surface area (Å²) in [5.41, 5.74) is 0.808. The molecule has 0 fully saturated rings. The Hall–Kier alpha value is -3.55. The Bertz CT molecular complexity index is 1470. The van der Waals surface area contributed by atoms with E-state index in [0.717, 1.165) is 21.6 Å². The van der Waals surface area contributed by atoms with Crippen LogP contribution in [0.15, 0.2) is 41.1 Å². The second kappa shape index (κ2) is 9.13. The number of nitriles is 1. The summed E-state index contributed by atoms with van der Waals surface area (Å²) in [4.78, 5) is 35.0. The molecule has 0 amide bonds. The minimum Gasteiger partial charge on any atom is -0.509 e. The van der Waals surface area contributed by atoms with Gasteiger partial charge in [-0.25, -0.2) is 14.8 Å². The van der Waals surface area contributed by atoms with Crippen LogP contribution in [0.25, 0.3) is 26.0 Å². The number of para-hydroxylation sites is 1. The van der Waals surface area contributed by atoms with Crippen molar-refractivity contribution in [2.45, 2.75) is 27.3 Å². The van der Waals surface area contributed by atoms with Crippen molar-refractivity contribution < 1.29 is 14.6 Å². The molecule has 1 aromatic carbocycles. The van der Waals surface area contributed by atoms with Gasteiger partial charge in [-0.15, -0.1) is 22.7 Å². The predicted octanol–water partition coefficient (Wildman–Crippen LogP) is 4.68. The number of aliphatic hydroxyl groups is 1. The molecule has 0 aliphatic heterocycles. The van der Waals surface area contributed by atoms with Crippen LogP contribution in [0.2, 0.25) is 0 Å². The van der Waals surface area contributed by atoms with Crippen molar-refractivity contribution in [2.24, 2.45) is 5.92 Å². The molecule has 4 rings (SSSR count). The van der Waals surface area contributed by atoms with Crippen molar-refractivity contribution in [1.82, 2.24) is 14.5 Å². The van der Waals surface area contributed by atoms with Crippen molar-refractivity contribution in [3.05, 3.63) is 62.2 Å². The number of nitrogens with zero attached hydrogens (tertiary/aromatic N) is 4. The summed E-state index contributed by atoms with van der Waals surface area (Å²) in [6.07, 6.45) is 1.30. The summed E-state index contributed by atoms with van der Waals surface area (Å²) in [7, 11) is 0. The number of carbonyl (C=O) groups is 1. The van der Waals surface area contributed by atoms with Gasteiger partial charge in [0.2, 0.25) is 0 Å². The molecule has 10 heteroatoms. The van der Waals surface area contributed by atoms with Gasteiger partial charge in [0.25, 0.3) is 5.56 Å². The Morgan fingerprint density at radius 3 is 2.76 bits per heavy atom. The number of fused-ring (bicyclic) bond motifs is 2. The van der Waals surface area contributed by atoms with E-state index in [1.54, 1.807) is 6.92 Å². The van der Waals surface area contributed by atoms with E-state index in [1.807, 2.05) is 44.2 Å². The zero-order chi connectivity index (χ0) is 23.7. The number of hydrogen-bond acceptors (Lipinski definition) is 9. The van der Waals surface area contributed by atoms with Crippen LogP contribution in [0.4, 0.5) is 0 Å². The standard InChI is InChI=1S/C23H20N4O4S2/c1-12(2)10-31-23(30)19-13(3)18-21(33-19)25-11-27(22(18)29)9-16(28)14(8-24)20-26-15-6-4-5-7-17(15)32-20/h4-7,11-12,28H,9-10H2,1-3H3/b16-14-. The molecule has 3 aromatic heterocycles. The highest BCUT2D eigenvalue weighted by atomic mass is 32.1. The topological polar surface area (TPSA) is 118 Å².